The van der Waals surface area contributed by atoms with Crippen molar-refractivity contribution in [3.8, 4) is 5.75 Å². The van der Waals surface area contributed by atoms with E-state index in [2.05, 4.69) is 21.3 Å². The summed E-state index contributed by atoms with van der Waals surface area (Å²) in [5, 5.41) is 0.736. The number of fused-ring (bicyclic) bond motifs is 1. The van der Waals surface area contributed by atoms with Gasteiger partial charge in [-0.2, -0.15) is 0 Å². The molecule has 0 unspecified atom stereocenters. The molecule has 150 valence electrons. The Morgan fingerprint density at radius 3 is 2.83 bits per heavy atom. The number of hydrogen-bond donors (Lipinski definition) is 0. The maximum atomic E-state index is 12.8. The lowest BCUT2D eigenvalue weighted by molar-refractivity contribution is 0.205. The fraction of sp³-hybridized carbons (Fsp3) is 0.348. The second-order valence-corrected chi connectivity index (χ2v) is 9.18. The minimum atomic E-state index is -3.67. The van der Waals surface area contributed by atoms with E-state index in [-0.39, 0.29) is 9.80 Å². The second kappa shape index (κ2) is 8.81. The van der Waals surface area contributed by atoms with E-state index in [0.29, 0.717) is 17.9 Å². The summed E-state index contributed by atoms with van der Waals surface area (Å²) in [4.78, 5) is 7.12. The number of allylic oxidation sites excluding steroid dienone is 3. The number of rotatable bonds is 7. The monoisotopic (exact) mass is 408 g/mol. The quantitative estimate of drug-likeness (QED) is 0.511. The van der Waals surface area contributed by atoms with Crippen molar-refractivity contribution in [3.05, 3.63) is 65.1 Å². The maximum absolute atomic E-state index is 12.8. The average Bonchev–Trinajstić information content (AvgIpc) is 2.77. The Bertz CT molecular complexity index is 1130. The maximum Gasteiger partial charge on any atom is 0.216 e. The molecule has 0 spiro atoms. The van der Waals surface area contributed by atoms with Gasteiger partial charge in [0.15, 0.2) is 0 Å². The number of benzene rings is 1. The van der Waals surface area contributed by atoms with E-state index in [0.717, 1.165) is 18.4 Å². The van der Waals surface area contributed by atoms with Crippen molar-refractivity contribution in [2.75, 3.05) is 26.2 Å². The van der Waals surface area contributed by atoms with Crippen LogP contribution < -0.4 is 4.74 Å². The number of nitrogens with zero attached hydrogens (tertiary/aromatic N) is 2. The fourth-order valence-corrected chi connectivity index (χ4v) is 4.83. The molecular formula is C23H24N2O3S. The summed E-state index contributed by atoms with van der Waals surface area (Å²) < 4.78 is 31.6. The standard InChI is InChI=1S/C23H24N2O3S/c26-29(27,20-10-3-1-4-11-20)21-17-19-9-7-12-22(23(19)24-18-21)28-16-8-15-25-13-5-2-6-14-25/h1,3,7,9-10,12,17-18H,2,5-6,8,13-16H2. The number of likely N-dealkylation sites (tertiary alicyclic amines) is 1. The van der Waals surface area contributed by atoms with Gasteiger partial charge in [-0.25, -0.2) is 8.42 Å². The van der Waals surface area contributed by atoms with Crippen LogP contribution in [0.4, 0.5) is 0 Å². The van der Waals surface area contributed by atoms with E-state index in [1.807, 2.05) is 18.2 Å². The highest BCUT2D eigenvalue weighted by Crippen LogP contribution is 2.28. The van der Waals surface area contributed by atoms with Gasteiger partial charge in [0.05, 0.1) is 11.5 Å². The molecule has 2 heterocycles. The molecule has 5 nitrogen and oxygen atoms in total. The number of para-hydroxylation sites is 1. The van der Waals surface area contributed by atoms with Crippen molar-refractivity contribution in [3.63, 3.8) is 0 Å². The summed E-state index contributed by atoms with van der Waals surface area (Å²) >= 11 is 0. The largest absolute Gasteiger partial charge is 0.491 e. The zero-order valence-electron chi connectivity index (χ0n) is 16.3. The minimum Gasteiger partial charge on any atom is -0.491 e. The molecule has 0 N–H and O–H groups in total. The minimum absolute atomic E-state index is 0.0891. The average molecular weight is 409 g/mol. The third-order valence-electron chi connectivity index (χ3n) is 5.20. The zero-order valence-corrected chi connectivity index (χ0v) is 17.1. The van der Waals surface area contributed by atoms with Crippen LogP contribution in [-0.4, -0.2) is 44.5 Å². The third kappa shape index (κ3) is 4.52. The molecule has 29 heavy (non-hydrogen) atoms. The molecule has 2 aliphatic rings. The van der Waals surface area contributed by atoms with Crippen LogP contribution in [0.3, 0.4) is 0 Å². The molecule has 1 fully saturated rings. The molecule has 1 aliphatic carbocycles. The predicted octanol–water partition coefficient (Wildman–Crippen LogP) is 4.03. The lowest BCUT2D eigenvalue weighted by Gasteiger charge is -2.26. The lowest BCUT2D eigenvalue weighted by Crippen LogP contribution is -2.31. The van der Waals surface area contributed by atoms with Crippen LogP contribution in [0.25, 0.3) is 10.9 Å². The van der Waals surface area contributed by atoms with Gasteiger partial charge in [-0.15, -0.1) is 0 Å². The first-order valence-electron chi connectivity index (χ1n) is 10.0. The molecule has 0 radical (unpaired) electrons. The van der Waals surface area contributed by atoms with E-state index in [1.165, 1.54) is 44.6 Å². The summed E-state index contributed by atoms with van der Waals surface area (Å²) in [7, 11) is -3.67. The van der Waals surface area contributed by atoms with E-state index >= 15 is 0 Å². The van der Waals surface area contributed by atoms with Gasteiger partial charge in [-0.3, -0.25) is 4.98 Å². The first-order valence-corrected chi connectivity index (χ1v) is 11.5. The first-order chi connectivity index (χ1) is 14.1. The Morgan fingerprint density at radius 2 is 2.03 bits per heavy atom. The number of sulfone groups is 1. The Labute approximate surface area is 171 Å². The Balaban J connectivity index is 1.48. The summed E-state index contributed by atoms with van der Waals surface area (Å²) in [6, 6.07) is 7.23. The normalized spacial score (nSPS) is 16.9. The van der Waals surface area contributed by atoms with Gasteiger partial charge in [-0.1, -0.05) is 30.4 Å². The first kappa shape index (κ1) is 19.7. The van der Waals surface area contributed by atoms with Gasteiger partial charge in [0.25, 0.3) is 0 Å². The molecular weight excluding hydrogens is 384 g/mol. The van der Waals surface area contributed by atoms with Gasteiger partial charge in [0, 0.05) is 18.1 Å². The van der Waals surface area contributed by atoms with Gasteiger partial charge in [0.2, 0.25) is 9.84 Å². The Kier molecular flexibility index (Phi) is 5.98. The highest BCUT2D eigenvalue weighted by atomic mass is 32.2. The van der Waals surface area contributed by atoms with Crippen molar-refractivity contribution >= 4 is 20.7 Å². The van der Waals surface area contributed by atoms with Crippen LogP contribution in [0.2, 0.25) is 0 Å². The molecule has 1 saturated heterocycles. The van der Waals surface area contributed by atoms with Crippen LogP contribution in [0.5, 0.6) is 5.75 Å². The molecule has 1 aromatic heterocycles. The molecule has 6 heteroatoms. The number of aromatic nitrogens is 1. The second-order valence-electron chi connectivity index (χ2n) is 7.27. The van der Waals surface area contributed by atoms with Gasteiger partial charge >= 0.3 is 0 Å². The molecule has 0 amide bonds. The smallest absolute Gasteiger partial charge is 0.216 e. The van der Waals surface area contributed by atoms with Gasteiger partial charge in [-0.05, 0) is 62.4 Å². The molecule has 2 aromatic rings. The van der Waals surface area contributed by atoms with Crippen molar-refractivity contribution in [2.24, 2.45) is 0 Å². The van der Waals surface area contributed by atoms with E-state index in [1.54, 1.807) is 18.2 Å². The molecule has 1 aromatic carbocycles. The van der Waals surface area contributed by atoms with Crippen LogP contribution in [0.1, 0.15) is 25.7 Å². The van der Waals surface area contributed by atoms with Gasteiger partial charge in [0.1, 0.15) is 16.2 Å². The summed E-state index contributed by atoms with van der Waals surface area (Å²) in [6.07, 6.45) is 11.0. The van der Waals surface area contributed by atoms with Crippen LogP contribution in [0, 0.1) is 0 Å². The molecule has 0 atom stereocenters. The van der Waals surface area contributed by atoms with Crippen molar-refractivity contribution < 1.29 is 13.2 Å². The van der Waals surface area contributed by atoms with E-state index < -0.39 is 9.84 Å². The van der Waals surface area contributed by atoms with E-state index in [9.17, 15) is 8.42 Å². The highest BCUT2D eigenvalue weighted by Gasteiger charge is 2.20. The number of ether oxygens (including phenoxy) is 1. The van der Waals surface area contributed by atoms with Crippen molar-refractivity contribution in [1.29, 1.82) is 0 Å². The van der Waals surface area contributed by atoms with Crippen LogP contribution in [0.15, 0.2) is 70.0 Å². The topological polar surface area (TPSA) is 59.5 Å². The lowest BCUT2D eigenvalue weighted by atomic mass is 10.1. The molecule has 0 saturated carbocycles. The van der Waals surface area contributed by atoms with Crippen LogP contribution >= 0.6 is 0 Å². The Morgan fingerprint density at radius 1 is 1.17 bits per heavy atom. The number of hydrogen-bond acceptors (Lipinski definition) is 5. The van der Waals surface area contributed by atoms with E-state index in [4.69, 9.17) is 4.74 Å². The molecule has 4 rings (SSSR count). The van der Waals surface area contributed by atoms with Crippen molar-refractivity contribution in [1.82, 2.24) is 9.88 Å². The summed E-state index contributed by atoms with van der Waals surface area (Å²) in [5.74, 6) is 0.685. The highest BCUT2D eigenvalue weighted by molar-refractivity contribution is 7.95. The Hall–Kier alpha value is -2.62. The zero-order chi connectivity index (χ0) is 20.1. The number of piperidine rings is 1. The van der Waals surface area contributed by atoms with Crippen LogP contribution in [-0.2, 0) is 9.84 Å². The van der Waals surface area contributed by atoms with Gasteiger partial charge < -0.3 is 9.64 Å². The summed E-state index contributed by atoms with van der Waals surface area (Å²) in [6.45, 7) is 4.03. The third-order valence-corrected chi connectivity index (χ3v) is 6.86. The number of pyridine rings is 1. The SMILES string of the molecule is O=S(=O)(C1=C=C=CC=C1)c1cnc2c(OCCCN3CCCCC3)cccc2c1. The summed E-state index contributed by atoms with van der Waals surface area (Å²) in [5.41, 5.74) is 6.02. The fourth-order valence-electron chi connectivity index (χ4n) is 3.65. The predicted molar refractivity (Wildman–Crippen MR) is 114 cm³/mol. The van der Waals surface area contributed by atoms with Crippen molar-refractivity contribution in [2.45, 2.75) is 30.6 Å². The molecule has 0 bridgehead atoms. The molecule has 1 aliphatic heterocycles.